The highest BCUT2D eigenvalue weighted by Gasteiger charge is 2.34. The Morgan fingerprint density at radius 2 is 2.11 bits per heavy atom. The van der Waals surface area contributed by atoms with Gasteiger partial charge < -0.3 is 9.84 Å². The van der Waals surface area contributed by atoms with E-state index in [0.29, 0.717) is 6.42 Å². The van der Waals surface area contributed by atoms with E-state index in [4.69, 9.17) is 4.74 Å². The van der Waals surface area contributed by atoms with Crippen LogP contribution in [0.4, 0.5) is 0 Å². The summed E-state index contributed by atoms with van der Waals surface area (Å²) in [4.78, 5) is 11.2. The molecule has 18 heavy (non-hydrogen) atoms. The van der Waals surface area contributed by atoms with Crippen LogP contribution in [-0.2, 0) is 17.6 Å². The van der Waals surface area contributed by atoms with Gasteiger partial charge in [-0.2, -0.15) is 0 Å². The van der Waals surface area contributed by atoms with Gasteiger partial charge in [0, 0.05) is 6.42 Å². The molecule has 1 aromatic carbocycles. The van der Waals surface area contributed by atoms with Crippen LogP contribution in [0.3, 0.4) is 0 Å². The van der Waals surface area contributed by atoms with Crippen LogP contribution in [0.25, 0.3) is 0 Å². The van der Waals surface area contributed by atoms with Crippen molar-refractivity contribution >= 4 is 5.97 Å². The van der Waals surface area contributed by atoms with E-state index < -0.39 is 11.4 Å². The highest BCUT2D eigenvalue weighted by molar-refractivity contribution is 5.74. The molecule has 1 N–H and O–H groups in total. The van der Waals surface area contributed by atoms with E-state index in [9.17, 15) is 9.90 Å². The maximum Gasteiger partial charge on any atom is 0.309 e. The van der Waals surface area contributed by atoms with E-state index in [1.807, 2.05) is 12.1 Å². The molecule has 1 heterocycles. The summed E-state index contributed by atoms with van der Waals surface area (Å²) in [5, 5.41) is 9.21. The van der Waals surface area contributed by atoms with Crippen molar-refractivity contribution in [3.8, 4) is 5.75 Å². The van der Waals surface area contributed by atoms with Gasteiger partial charge >= 0.3 is 5.97 Å². The molecule has 0 fully saturated rings. The lowest BCUT2D eigenvalue weighted by Gasteiger charge is -2.22. The topological polar surface area (TPSA) is 46.5 Å². The summed E-state index contributed by atoms with van der Waals surface area (Å²) in [6, 6.07) is 6.00. The Bertz CT molecular complexity index is 487. The predicted molar refractivity (Wildman–Crippen MR) is 70.0 cm³/mol. The van der Waals surface area contributed by atoms with Crippen molar-refractivity contribution in [2.45, 2.75) is 46.1 Å². The van der Waals surface area contributed by atoms with Crippen LogP contribution in [0.1, 0.15) is 38.8 Å². The van der Waals surface area contributed by atoms with Gasteiger partial charge in [-0.3, -0.25) is 4.79 Å². The minimum atomic E-state index is -0.780. The molecule has 0 saturated carbocycles. The van der Waals surface area contributed by atoms with Crippen molar-refractivity contribution in [1.29, 1.82) is 0 Å². The summed E-state index contributed by atoms with van der Waals surface area (Å²) in [5.41, 5.74) is 1.21. The number of hydrogen-bond acceptors (Lipinski definition) is 2. The minimum Gasteiger partial charge on any atom is -0.487 e. The summed E-state index contributed by atoms with van der Waals surface area (Å²) in [6.07, 6.45) is 1.37. The highest BCUT2D eigenvalue weighted by atomic mass is 16.5. The van der Waals surface area contributed by atoms with Gasteiger partial charge in [0.1, 0.15) is 11.4 Å². The molecule has 1 aliphatic rings. The van der Waals surface area contributed by atoms with Crippen LogP contribution in [0, 0.1) is 5.41 Å². The average Bonchev–Trinajstić information content (AvgIpc) is 2.52. The fraction of sp³-hybridized carbons (Fsp3) is 0.533. The second-order valence-corrected chi connectivity index (χ2v) is 6.31. The van der Waals surface area contributed by atoms with Crippen LogP contribution in [0.2, 0.25) is 0 Å². The number of benzene rings is 1. The van der Waals surface area contributed by atoms with Crippen LogP contribution in [0.15, 0.2) is 18.2 Å². The fourth-order valence-electron chi connectivity index (χ4n) is 2.37. The number of rotatable bonds is 3. The Balaban J connectivity index is 2.33. The molecule has 3 nitrogen and oxygen atoms in total. The zero-order valence-electron chi connectivity index (χ0n) is 11.4. The molecule has 0 radical (unpaired) electrons. The van der Waals surface area contributed by atoms with E-state index in [0.717, 1.165) is 17.7 Å². The Labute approximate surface area is 108 Å². The summed E-state index contributed by atoms with van der Waals surface area (Å²) >= 11 is 0. The summed E-state index contributed by atoms with van der Waals surface area (Å²) in [5.74, 6) is 0.106. The van der Waals surface area contributed by atoms with Crippen molar-refractivity contribution in [1.82, 2.24) is 0 Å². The fourth-order valence-corrected chi connectivity index (χ4v) is 2.37. The Kier molecular flexibility index (Phi) is 2.88. The first-order chi connectivity index (χ1) is 8.21. The molecular formula is C15H20O3. The molecular weight excluding hydrogens is 228 g/mol. The molecule has 0 unspecified atom stereocenters. The van der Waals surface area contributed by atoms with Gasteiger partial charge in [-0.15, -0.1) is 0 Å². The highest BCUT2D eigenvalue weighted by Crippen LogP contribution is 2.39. The van der Waals surface area contributed by atoms with Gasteiger partial charge in [0.25, 0.3) is 0 Å². The van der Waals surface area contributed by atoms with Gasteiger partial charge in [0.15, 0.2) is 0 Å². The third-order valence-electron chi connectivity index (χ3n) is 3.38. The minimum absolute atomic E-state index is 0.189. The van der Waals surface area contributed by atoms with Gasteiger partial charge in [0.2, 0.25) is 0 Å². The normalized spacial score (nSPS) is 17.1. The van der Waals surface area contributed by atoms with Crippen molar-refractivity contribution in [3.63, 3.8) is 0 Å². The van der Waals surface area contributed by atoms with Gasteiger partial charge in [-0.25, -0.2) is 0 Å². The molecule has 0 aliphatic carbocycles. The van der Waals surface area contributed by atoms with Crippen LogP contribution in [-0.4, -0.2) is 16.7 Å². The summed E-state index contributed by atoms with van der Waals surface area (Å²) in [6.45, 7) is 7.60. The summed E-state index contributed by atoms with van der Waals surface area (Å²) < 4.78 is 5.96. The first kappa shape index (κ1) is 12.9. The monoisotopic (exact) mass is 248 g/mol. The quantitative estimate of drug-likeness (QED) is 0.894. The van der Waals surface area contributed by atoms with Crippen LogP contribution in [0.5, 0.6) is 5.75 Å². The van der Waals surface area contributed by atoms with E-state index in [-0.39, 0.29) is 5.60 Å². The first-order valence-corrected chi connectivity index (χ1v) is 6.24. The first-order valence-electron chi connectivity index (χ1n) is 6.24. The Morgan fingerprint density at radius 1 is 1.44 bits per heavy atom. The van der Waals surface area contributed by atoms with E-state index in [1.54, 1.807) is 13.8 Å². The number of carboxylic acids is 1. The van der Waals surface area contributed by atoms with Gasteiger partial charge in [-0.1, -0.05) is 18.2 Å². The molecule has 0 saturated heterocycles. The molecule has 0 aromatic heterocycles. The largest absolute Gasteiger partial charge is 0.487 e. The molecule has 1 aliphatic heterocycles. The van der Waals surface area contributed by atoms with Crippen LogP contribution >= 0.6 is 0 Å². The van der Waals surface area contributed by atoms with E-state index in [1.165, 1.54) is 5.56 Å². The maximum atomic E-state index is 11.2. The second kappa shape index (κ2) is 4.01. The zero-order chi connectivity index (χ0) is 13.6. The number of aliphatic carboxylic acids is 1. The van der Waals surface area contributed by atoms with Crippen molar-refractivity contribution in [2.75, 3.05) is 0 Å². The third kappa shape index (κ3) is 2.35. The summed E-state index contributed by atoms with van der Waals surface area (Å²) in [7, 11) is 0. The molecule has 98 valence electrons. The van der Waals surface area contributed by atoms with Gasteiger partial charge in [0.05, 0.1) is 5.41 Å². The lowest BCUT2D eigenvalue weighted by Crippen LogP contribution is -2.27. The Hall–Kier alpha value is -1.51. The number of para-hydroxylation sites is 1. The third-order valence-corrected chi connectivity index (χ3v) is 3.38. The van der Waals surface area contributed by atoms with Crippen molar-refractivity contribution < 1.29 is 14.6 Å². The molecule has 3 heteroatoms. The molecule has 1 aromatic rings. The molecule has 0 bridgehead atoms. The average molecular weight is 248 g/mol. The lowest BCUT2D eigenvalue weighted by molar-refractivity contribution is -0.146. The standard InChI is InChI=1S/C15H20O3/c1-14(2,13(16)17)8-10-6-5-7-11-9-15(3,4)18-12(10)11/h5-7H,8-9H2,1-4H3,(H,16,17). The smallest absolute Gasteiger partial charge is 0.309 e. The van der Waals surface area contributed by atoms with E-state index in [2.05, 4.69) is 19.9 Å². The molecule has 0 spiro atoms. The van der Waals surface area contributed by atoms with Crippen molar-refractivity contribution in [3.05, 3.63) is 29.3 Å². The van der Waals surface area contributed by atoms with Gasteiger partial charge in [-0.05, 0) is 45.2 Å². The van der Waals surface area contributed by atoms with Crippen LogP contribution < -0.4 is 4.74 Å². The Morgan fingerprint density at radius 3 is 2.72 bits per heavy atom. The molecule has 2 rings (SSSR count). The maximum absolute atomic E-state index is 11.2. The van der Waals surface area contributed by atoms with Crippen molar-refractivity contribution in [2.24, 2.45) is 5.41 Å². The number of carboxylic acid groups (broad SMARTS) is 1. The number of fused-ring (bicyclic) bond motifs is 1. The molecule has 0 atom stereocenters. The zero-order valence-corrected chi connectivity index (χ0v) is 11.4. The lowest BCUT2D eigenvalue weighted by atomic mass is 9.85. The molecule has 0 amide bonds. The SMILES string of the molecule is CC1(C)Cc2cccc(CC(C)(C)C(=O)O)c2O1. The number of ether oxygens (including phenoxy) is 1. The number of carbonyl (C=O) groups is 1. The second-order valence-electron chi connectivity index (χ2n) is 6.31. The predicted octanol–water partition coefficient (Wildman–Crippen LogP) is 3.05. The van der Waals surface area contributed by atoms with E-state index >= 15 is 0 Å². The number of hydrogen-bond donors (Lipinski definition) is 1.